The van der Waals surface area contributed by atoms with Crippen molar-refractivity contribution in [2.24, 2.45) is 0 Å². The Balaban J connectivity index is 2.11. The molecule has 0 fully saturated rings. The summed E-state index contributed by atoms with van der Waals surface area (Å²) in [5.74, 6) is -0.531. The maximum Gasteiger partial charge on any atom is 0.416 e. The van der Waals surface area contributed by atoms with Crippen molar-refractivity contribution in [2.75, 3.05) is 5.32 Å². The summed E-state index contributed by atoms with van der Waals surface area (Å²) in [4.78, 5) is 22.4. The lowest BCUT2D eigenvalue weighted by Gasteiger charge is -2.13. The predicted octanol–water partition coefficient (Wildman–Crippen LogP) is 3.20. The molecule has 0 heterocycles. The average Bonchev–Trinajstić information content (AvgIpc) is 2.52. The van der Waals surface area contributed by atoms with E-state index in [1.807, 2.05) is 0 Å². The van der Waals surface area contributed by atoms with Crippen LogP contribution in [0.25, 0.3) is 0 Å². The third-order valence-electron chi connectivity index (χ3n) is 3.11. The van der Waals surface area contributed by atoms with Crippen LogP contribution in [0.5, 0.6) is 0 Å². The molecule has 0 atom stereocenters. The summed E-state index contributed by atoms with van der Waals surface area (Å²) in [7, 11) is 0. The molecule has 0 bridgehead atoms. The largest absolute Gasteiger partial charge is 0.416 e. The lowest BCUT2D eigenvalue weighted by molar-refractivity contribution is -0.138. The summed E-state index contributed by atoms with van der Waals surface area (Å²) in [5.41, 5.74) is -0.142. The molecule has 0 saturated carbocycles. The molecule has 120 valence electrons. The molecule has 0 spiro atoms. The molecule has 0 aliphatic heterocycles. The van der Waals surface area contributed by atoms with Gasteiger partial charge in [0.1, 0.15) is 0 Å². The first-order chi connectivity index (χ1) is 10.9. The molecular formula is C16H13F3N2O2. The zero-order valence-corrected chi connectivity index (χ0v) is 11.9. The summed E-state index contributed by atoms with van der Waals surface area (Å²) in [6, 6.07) is 11.1. The zero-order valence-electron chi connectivity index (χ0n) is 11.9. The smallest absolute Gasteiger partial charge is 0.348 e. The first kappa shape index (κ1) is 16.5. The SMILES string of the molecule is O=CNc1cccc(C(=O)NCc2ccccc2C(F)(F)F)c1. The van der Waals surface area contributed by atoms with E-state index in [0.717, 1.165) is 6.07 Å². The third kappa shape index (κ3) is 4.32. The second kappa shape index (κ2) is 6.95. The number of halogens is 3. The highest BCUT2D eigenvalue weighted by atomic mass is 19.4. The van der Waals surface area contributed by atoms with E-state index in [2.05, 4.69) is 10.6 Å². The van der Waals surface area contributed by atoms with Crippen LogP contribution in [0.15, 0.2) is 48.5 Å². The van der Waals surface area contributed by atoms with E-state index in [0.29, 0.717) is 12.1 Å². The molecule has 0 radical (unpaired) electrons. The molecule has 7 heteroatoms. The second-order valence-electron chi connectivity index (χ2n) is 4.68. The van der Waals surface area contributed by atoms with Crippen molar-refractivity contribution >= 4 is 18.0 Å². The molecule has 0 saturated heterocycles. The molecule has 2 aromatic carbocycles. The van der Waals surface area contributed by atoms with E-state index in [-0.39, 0.29) is 17.7 Å². The van der Waals surface area contributed by atoms with Crippen molar-refractivity contribution in [3.05, 3.63) is 65.2 Å². The molecule has 0 aliphatic rings. The first-order valence-corrected chi connectivity index (χ1v) is 6.65. The maximum absolute atomic E-state index is 12.9. The predicted molar refractivity (Wildman–Crippen MR) is 78.7 cm³/mol. The number of amides is 2. The van der Waals surface area contributed by atoms with Gasteiger partial charge in [0, 0.05) is 17.8 Å². The van der Waals surface area contributed by atoms with Gasteiger partial charge < -0.3 is 10.6 Å². The Kier molecular flexibility index (Phi) is 5.00. The molecular weight excluding hydrogens is 309 g/mol. The minimum Gasteiger partial charge on any atom is -0.348 e. The van der Waals surface area contributed by atoms with Gasteiger partial charge in [0.25, 0.3) is 5.91 Å². The first-order valence-electron chi connectivity index (χ1n) is 6.65. The van der Waals surface area contributed by atoms with Crippen molar-refractivity contribution in [1.29, 1.82) is 0 Å². The molecule has 2 rings (SSSR count). The monoisotopic (exact) mass is 322 g/mol. The van der Waals surface area contributed by atoms with Crippen molar-refractivity contribution in [2.45, 2.75) is 12.7 Å². The van der Waals surface area contributed by atoms with Crippen molar-refractivity contribution in [3.8, 4) is 0 Å². The molecule has 2 amide bonds. The summed E-state index contributed by atoms with van der Waals surface area (Å²) >= 11 is 0. The van der Waals surface area contributed by atoms with Crippen LogP contribution in [0.4, 0.5) is 18.9 Å². The van der Waals surface area contributed by atoms with Crippen LogP contribution in [-0.4, -0.2) is 12.3 Å². The Morgan fingerprint density at radius 1 is 1.09 bits per heavy atom. The third-order valence-corrected chi connectivity index (χ3v) is 3.11. The van der Waals surface area contributed by atoms with Gasteiger partial charge >= 0.3 is 6.18 Å². The zero-order chi connectivity index (χ0) is 16.9. The van der Waals surface area contributed by atoms with E-state index in [9.17, 15) is 22.8 Å². The molecule has 0 aromatic heterocycles. The minimum absolute atomic E-state index is 0.0180. The standard InChI is InChI=1S/C16H13F3N2O2/c17-16(18,19)14-7-2-1-4-12(14)9-20-15(23)11-5-3-6-13(8-11)21-10-22/h1-8,10H,9H2,(H,20,23)(H,21,22). The second-order valence-corrected chi connectivity index (χ2v) is 4.68. The van der Waals surface area contributed by atoms with E-state index >= 15 is 0 Å². The summed E-state index contributed by atoms with van der Waals surface area (Å²) in [6.45, 7) is -0.250. The minimum atomic E-state index is -4.48. The van der Waals surface area contributed by atoms with Crippen LogP contribution in [0, 0.1) is 0 Å². The van der Waals surface area contributed by atoms with Crippen molar-refractivity contribution in [1.82, 2.24) is 5.32 Å². The van der Waals surface area contributed by atoms with Gasteiger partial charge in [-0.05, 0) is 29.8 Å². The number of benzene rings is 2. The number of nitrogens with one attached hydrogen (secondary N) is 2. The summed E-state index contributed by atoms with van der Waals surface area (Å²) < 4.78 is 38.6. The number of hydrogen-bond donors (Lipinski definition) is 2. The van der Waals surface area contributed by atoms with Crippen LogP contribution >= 0.6 is 0 Å². The normalized spacial score (nSPS) is 10.9. The van der Waals surface area contributed by atoms with E-state index < -0.39 is 17.6 Å². The van der Waals surface area contributed by atoms with Gasteiger partial charge in [-0.25, -0.2) is 0 Å². The topological polar surface area (TPSA) is 58.2 Å². The molecule has 0 unspecified atom stereocenters. The van der Waals surface area contributed by atoms with E-state index in [1.54, 1.807) is 12.1 Å². The quantitative estimate of drug-likeness (QED) is 0.831. The van der Waals surface area contributed by atoms with Gasteiger partial charge in [0.2, 0.25) is 6.41 Å². The highest BCUT2D eigenvalue weighted by molar-refractivity contribution is 5.95. The number of anilines is 1. The van der Waals surface area contributed by atoms with Gasteiger partial charge in [0.05, 0.1) is 5.56 Å². The molecule has 23 heavy (non-hydrogen) atoms. The van der Waals surface area contributed by atoms with Gasteiger partial charge in [-0.2, -0.15) is 13.2 Å². The number of carbonyl (C=O) groups excluding carboxylic acids is 2. The number of alkyl halides is 3. The van der Waals surface area contributed by atoms with Gasteiger partial charge in [-0.15, -0.1) is 0 Å². The average molecular weight is 322 g/mol. The Morgan fingerprint density at radius 2 is 1.83 bits per heavy atom. The fraction of sp³-hybridized carbons (Fsp3) is 0.125. The maximum atomic E-state index is 12.9. The van der Waals surface area contributed by atoms with Gasteiger partial charge in [-0.1, -0.05) is 24.3 Å². The van der Waals surface area contributed by atoms with Gasteiger partial charge in [0.15, 0.2) is 0 Å². The molecule has 2 N–H and O–H groups in total. The Labute approximate surface area is 130 Å². The Hall–Kier alpha value is -2.83. The van der Waals surface area contributed by atoms with Crippen molar-refractivity contribution < 1.29 is 22.8 Å². The fourth-order valence-electron chi connectivity index (χ4n) is 2.05. The number of carbonyl (C=O) groups is 2. The van der Waals surface area contributed by atoms with E-state index in [4.69, 9.17) is 0 Å². The van der Waals surface area contributed by atoms with Crippen LogP contribution < -0.4 is 10.6 Å². The number of hydrogen-bond acceptors (Lipinski definition) is 2. The van der Waals surface area contributed by atoms with Crippen LogP contribution in [0.3, 0.4) is 0 Å². The van der Waals surface area contributed by atoms with E-state index in [1.165, 1.54) is 30.3 Å². The van der Waals surface area contributed by atoms with Crippen LogP contribution in [-0.2, 0) is 17.5 Å². The van der Waals surface area contributed by atoms with Crippen LogP contribution in [0.1, 0.15) is 21.5 Å². The highest BCUT2D eigenvalue weighted by Crippen LogP contribution is 2.31. The Bertz CT molecular complexity index is 714. The summed E-state index contributed by atoms with van der Waals surface area (Å²) in [5, 5.41) is 4.84. The van der Waals surface area contributed by atoms with Crippen LogP contribution in [0.2, 0.25) is 0 Å². The van der Waals surface area contributed by atoms with Crippen molar-refractivity contribution in [3.63, 3.8) is 0 Å². The number of rotatable bonds is 5. The van der Waals surface area contributed by atoms with Gasteiger partial charge in [-0.3, -0.25) is 9.59 Å². The Morgan fingerprint density at radius 3 is 2.52 bits per heavy atom. The molecule has 2 aromatic rings. The lowest BCUT2D eigenvalue weighted by atomic mass is 10.1. The molecule has 4 nitrogen and oxygen atoms in total. The summed E-state index contributed by atoms with van der Waals surface area (Å²) in [6.07, 6.45) is -4.01. The molecule has 0 aliphatic carbocycles. The fourth-order valence-corrected chi connectivity index (χ4v) is 2.05. The highest BCUT2D eigenvalue weighted by Gasteiger charge is 2.32. The lowest BCUT2D eigenvalue weighted by Crippen LogP contribution is -2.24.